The standard InChI is InChI=1S/C19H16N4O2/c1-13-7-8-14(12-20)11-16(13)18(24)21-10-9-17-22-23-19(25-17)15-5-3-2-4-6-15/h2-8,11H,9-10H2,1H3,(H,21,24). The fourth-order valence-electron chi connectivity index (χ4n) is 2.37. The average Bonchev–Trinajstić information content (AvgIpc) is 3.11. The van der Waals surface area contributed by atoms with Crippen LogP contribution in [0, 0.1) is 18.3 Å². The van der Waals surface area contributed by atoms with E-state index < -0.39 is 0 Å². The summed E-state index contributed by atoms with van der Waals surface area (Å²) in [5.41, 5.74) is 2.63. The Kier molecular flexibility index (Phi) is 4.86. The second kappa shape index (κ2) is 7.41. The third-order valence-electron chi connectivity index (χ3n) is 3.72. The SMILES string of the molecule is Cc1ccc(C#N)cc1C(=O)NCCc1nnc(-c2ccccc2)o1. The molecule has 2 aromatic carbocycles. The molecule has 1 aromatic heterocycles. The van der Waals surface area contributed by atoms with Crippen LogP contribution >= 0.6 is 0 Å². The van der Waals surface area contributed by atoms with Gasteiger partial charge in [-0.25, -0.2) is 0 Å². The zero-order valence-corrected chi connectivity index (χ0v) is 13.7. The zero-order chi connectivity index (χ0) is 17.6. The molecule has 0 aliphatic carbocycles. The van der Waals surface area contributed by atoms with Crippen molar-refractivity contribution in [2.24, 2.45) is 0 Å². The van der Waals surface area contributed by atoms with E-state index >= 15 is 0 Å². The van der Waals surface area contributed by atoms with Crippen molar-refractivity contribution in [1.29, 1.82) is 5.26 Å². The van der Waals surface area contributed by atoms with E-state index in [9.17, 15) is 4.79 Å². The highest BCUT2D eigenvalue weighted by molar-refractivity contribution is 5.95. The Bertz CT molecular complexity index is 926. The Morgan fingerprint density at radius 1 is 1.20 bits per heavy atom. The van der Waals surface area contributed by atoms with E-state index in [-0.39, 0.29) is 5.91 Å². The van der Waals surface area contributed by atoms with Crippen molar-refractivity contribution in [3.05, 3.63) is 71.1 Å². The van der Waals surface area contributed by atoms with E-state index in [1.165, 1.54) is 0 Å². The summed E-state index contributed by atoms with van der Waals surface area (Å²) in [7, 11) is 0. The van der Waals surface area contributed by atoms with Crippen LogP contribution in [0.2, 0.25) is 0 Å². The van der Waals surface area contributed by atoms with Crippen LogP contribution in [-0.2, 0) is 6.42 Å². The average molecular weight is 332 g/mol. The smallest absolute Gasteiger partial charge is 0.251 e. The number of hydrogen-bond acceptors (Lipinski definition) is 5. The topological polar surface area (TPSA) is 91.8 Å². The van der Waals surface area contributed by atoms with E-state index in [1.807, 2.05) is 43.3 Å². The Labute approximate surface area is 145 Å². The maximum Gasteiger partial charge on any atom is 0.251 e. The van der Waals surface area contributed by atoms with Gasteiger partial charge in [0.2, 0.25) is 11.8 Å². The first-order valence-corrected chi connectivity index (χ1v) is 7.84. The van der Waals surface area contributed by atoms with Crippen LogP contribution in [0.1, 0.15) is 27.4 Å². The molecule has 0 saturated carbocycles. The molecule has 6 heteroatoms. The summed E-state index contributed by atoms with van der Waals surface area (Å²) < 4.78 is 5.60. The first kappa shape index (κ1) is 16.4. The lowest BCUT2D eigenvalue weighted by Crippen LogP contribution is -2.26. The van der Waals surface area contributed by atoms with Gasteiger partial charge >= 0.3 is 0 Å². The molecule has 0 aliphatic rings. The first-order chi connectivity index (χ1) is 12.2. The molecule has 124 valence electrons. The van der Waals surface area contributed by atoms with Gasteiger partial charge in [0.05, 0.1) is 11.6 Å². The maximum absolute atomic E-state index is 12.3. The predicted molar refractivity (Wildman–Crippen MR) is 91.7 cm³/mol. The molecular weight excluding hydrogens is 316 g/mol. The van der Waals surface area contributed by atoms with Gasteiger partial charge in [-0.15, -0.1) is 10.2 Å². The van der Waals surface area contributed by atoms with Gasteiger partial charge in [-0.3, -0.25) is 4.79 Å². The molecule has 3 aromatic rings. The third kappa shape index (κ3) is 3.90. The van der Waals surface area contributed by atoms with E-state index in [0.717, 1.165) is 11.1 Å². The number of benzene rings is 2. The van der Waals surface area contributed by atoms with Crippen LogP contribution in [-0.4, -0.2) is 22.6 Å². The van der Waals surface area contributed by atoms with Crippen molar-refractivity contribution in [2.45, 2.75) is 13.3 Å². The van der Waals surface area contributed by atoms with Crippen molar-refractivity contribution < 1.29 is 9.21 Å². The molecule has 1 N–H and O–H groups in total. The number of carbonyl (C=O) groups excluding carboxylic acids is 1. The van der Waals surface area contributed by atoms with Gasteiger partial charge in [0, 0.05) is 24.1 Å². The highest BCUT2D eigenvalue weighted by atomic mass is 16.4. The summed E-state index contributed by atoms with van der Waals surface area (Å²) in [6.45, 7) is 2.20. The van der Waals surface area contributed by atoms with Crippen LogP contribution in [0.4, 0.5) is 0 Å². The number of rotatable bonds is 5. The minimum atomic E-state index is -0.225. The fourth-order valence-corrected chi connectivity index (χ4v) is 2.37. The lowest BCUT2D eigenvalue weighted by molar-refractivity contribution is 0.0953. The number of hydrogen-bond donors (Lipinski definition) is 1. The third-order valence-corrected chi connectivity index (χ3v) is 3.72. The molecule has 0 saturated heterocycles. The quantitative estimate of drug-likeness (QED) is 0.775. The lowest BCUT2D eigenvalue weighted by Gasteiger charge is -2.07. The van der Waals surface area contributed by atoms with E-state index in [2.05, 4.69) is 15.5 Å². The summed E-state index contributed by atoms with van der Waals surface area (Å²) in [5.74, 6) is 0.693. The van der Waals surface area contributed by atoms with Gasteiger partial charge < -0.3 is 9.73 Å². The molecule has 0 fully saturated rings. The van der Waals surface area contributed by atoms with Gasteiger partial charge in [0.1, 0.15) is 0 Å². The van der Waals surface area contributed by atoms with E-state index in [4.69, 9.17) is 9.68 Å². The second-order valence-electron chi connectivity index (χ2n) is 5.51. The van der Waals surface area contributed by atoms with Crippen LogP contribution in [0.5, 0.6) is 0 Å². The molecule has 25 heavy (non-hydrogen) atoms. The number of carbonyl (C=O) groups is 1. The molecule has 0 aliphatic heterocycles. The summed E-state index contributed by atoms with van der Waals surface area (Å²) in [4.78, 5) is 12.3. The zero-order valence-electron chi connectivity index (χ0n) is 13.7. The summed E-state index contributed by atoms with van der Waals surface area (Å²) in [5, 5.41) is 19.8. The van der Waals surface area contributed by atoms with Gasteiger partial charge in [-0.05, 0) is 36.8 Å². The number of aromatic nitrogens is 2. The predicted octanol–water partition coefficient (Wildman–Crippen LogP) is 2.89. The maximum atomic E-state index is 12.3. The molecule has 1 heterocycles. The number of nitrogens with one attached hydrogen (secondary N) is 1. The molecule has 0 spiro atoms. The molecule has 1 amide bonds. The van der Waals surface area contributed by atoms with Gasteiger partial charge in [0.15, 0.2) is 0 Å². The number of aryl methyl sites for hydroxylation is 1. The van der Waals surface area contributed by atoms with Crippen LogP contribution in [0.3, 0.4) is 0 Å². The monoisotopic (exact) mass is 332 g/mol. The molecule has 0 atom stereocenters. The molecule has 0 unspecified atom stereocenters. The van der Waals surface area contributed by atoms with Crippen LogP contribution < -0.4 is 5.32 Å². The molecular formula is C19H16N4O2. The second-order valence-corrected chi connectivity index (χ2v) is 5.51. The highest BCUT2D eigenvalue weighted by Gasteiger charge is 2.11. The van der Waals surface area contributed by atoms with Gasteiger partial charge in [-0.2, -0.15) is 5.26 Å². The molecule has 3 rings (SSSR count). The first-order valence-electron chi connectivity index (χ1n) is 7.84. The molecule has 6 nitrogen and oxygen atoms in total. The normalized spacial score (nSPS) is 10.2. The van der Waals surface area contributed by atoms with Gasteiger partial charge in [-0.1, -0.05) is 24.3 Å². The Hall–Kier alpha value is -3.46. The highest BCUT2D eigenvalue weighted by Crippen LogP contribution is 2.17. The van der Waals surface area contributed by atoms with Crippen molar-refractivity contribution in [1.82, 2.24) is 15.5 Å². The fraction of sp³-hybridized carbons (Fsp3) is 0.158. The van der Waals surface area contributed by atoms with Crippen LogP contribution in [0.15, 0.2) is 52.9 Å². The Morgan fingerprint density at radius 3 is 2.76 bits per heavy atom. The summed E-state index contributed by atoms with van der Waals surface area (Å²) in [6, 6.07) is 16.6. The van der Waals surface area contributed by atoms with E-state index in [1.54, 1.807) is 18.2 Å². The number of nitriles is 1. The minimum absolute atomic E-state index is 0.225. The number of nitrogens with zero attached hydrogens (tertiary/aromatic N) is 3. The summed E-state index contributed by atoms with van der Waals surface area (Å²) >= 11 is 0. The van der Waals surface area contributed by atoms with Crippen molar-refractivity contribution >= 4 is 5.91 Å². The van der Waals surface area contributed by atoms with Crippen molar-refractivity contribution in [3.8, 4) is 17.5 Å². The minimum Gasteiger partial charge on any atom is -0.421 e. The Balaban J connectivity index is 1.59. The van der Waals surface area contributed by atoms with E-state index in [0.29, 0.717) is 35.9 Å². The lowest BCUT2D eigenvalue weighted by atomic mass is 10.0. The Morgan fingerprint density at radius 2 is 2.00 bits per heavy atom. The molecule has 0 radical (unpaired) electrons. The van der Waals surface area contributed by atoms with Crippen LogP contribution in [0.25, 0.3) is 11.5 Å². The van der Waals surface area contributed by atoms with Crippen molar-refractivity contribution in [3.63, 3.8) is 0 Å². The number of amides is 1. The summed E-state index contributed by atoms with van der Waals surface area (Å²) in [6.07, 6.45) is 0.433. The van der Waals surface area contributed by atoms with Crippen molar-refractivity contribution in [2.75, 3.05) is 6.54 Å². The molecule has 0 bridgehead atoms. The van der Waals surface area contributed by atoms with Gasteiger partial charge in [0.25, 0.3) is 5.91 Å². The largest absolute Gasteiger partial charge is 0.421 e.